The number of hydrogen-bond donors (Lipinski definition) is 2. The average Bonchev–Trinajstić information content (AvgIpc) is 3.48. The lowest BCUT2D eigenvalue weighted by atomic mass is 10.0. The Hall–Kier alpha value is -2.28. The zero-order valence-electron chi connectivity index (χ0n) is 19.2. The van der Waals surface area contributed by atoms with Gasteiger partial charge in [-0.25, -0.2) is 12.8 Å². The van der Waals surface area contributed by atoms with Crippen molar-refractivity contribution < 1.29 is 40.6 Å². The van der Waals surface area contributed by atoms with Crippen molar-refractivity contribution in [1.29, 1.82) is 0 Å². The lowest BCUT2D eigenvalue weighted by molar-refractivity contribution is -0.274. The molecule has 1 saturated carbocycles. The summed E-state index contributed by atoms with van der Waals surface area (Å²) < 4.78 is 87.1. The molecule has 0 amide bonds. The summed E-state index contributed by atoms with van der Waals surface area (Å²) in [7, 11) is -3.76. The minimum atomic E-state index is -4.85. The molecule has 0 bridgehead atoms. The molecule has 0 spiro atoms. The van der Waals surface area contributed by atoms with E-state index in [2.05, 4.69) is 4.74 Å². The van der Waals surface area contributed by atoms with E-state index in [1.54, 1.807) is 0 Å². The largest absolute Gasteiger partial charge is 0.573 e. The van der Waals surface area contributed by atoms with Gasteiger partial charge in [0, 0.05) is 23.9 Å². The molecule has 2 aliphatic rings. The van der Waals surface area contributed by atoms with Crippen LogP contribution in [0.3, 0.4) is 0 Å². The van der Waals surface area contributed by atoms with Crippen LogP contribution in [0.5, 0.6) is 11.5 Å². The SMILES string of the molecule is CS(=O)(=O)NC(O)c1cc(C2CC2)c(OC[C@H]2CCCN2c2ccc(OC(F)(F)F)c(Cl)c2)cc1F. The number of sulfonamides is 1. The van der Waals surface area contributed by atoms with E-state index < -0.39 is 34.2 Å². The molecule has 2 aromatic carbocycles. The third-order valence-corrected chi connectivity index (χ3v) is 6.99. The predicted octanol–water partition coefficient (Wildman–Crippen LogP) is 4.84. The van der Waals surface area contributed by atoms with Crippen LogP contribution in [0.15, 0.2) is 30.3 Å². The fourth-order valence-electron chi connectivity index (χ4n) is 4.31. The summed E-state index contributed by atoms with van der Waals surface area (Å²) in [5, 5.41) is 9.99. The molecule has 4 rings (SSSR count). The standard InChI is InChI=1S/C23H25ClF4N2O5S/c1-36(32,33)29-22(31)17-10-16(13-4-5-13)21(11-19(17)25)34-12-15-3-2-8-30(15)14-6-7-20(18(24)9-14)35-23(26,27)28/h6-7,9-11,13,15,22,29,31H,2-5,8,12H2,1H3/t15-,22?/m1/s1. The Morgan fingerprint density at radius 3 is 2.53 bits per heavy atom. The van der Waals surface area contributed by atoms with E-state index in [-0.39, 0.29) is 29.2 Å². The smallest absolute Gasteiger partial charge is 0.491 e. The summed E-state index contributed by atoms with van der Waals surface area (Å²) in [6, 6.07) is 6.50. The minimum absolute atomic E-state index is 0.115. The first-order valence-electron chi connectivity index (χ1n) is 11.2. The van der Waals surface area contributed by atoms with Crippen LogP contribution >= 0.6 is 11.6 Å². The molecule has 2 fully saturated rings. The van der Waals surface area contributed by atoms with E-state index >= 15 is 0 Å². The van der Waals surface area contributed by atoms with Gasteiger partial charge in [0.05, 0.1) is 17.3 Å². The van der Waals surface area contributed by atoms with E-state index in [9.17, 15) is 31.1 Å². The van der Waals surface area contributed by atoms with Crippen LogP contribution in [0.4, 0.5) is 23.2 Å². The summed E-state index contributed by atoms with van der Waals surface area (Å²) in [5.74, 6) is -0.876. The maximum atomic E-state index is 14.8. The molecule has 13 heteroatoms. The van der Waals surface area contributed by atoms with Crippen molar-refractivity contribution in [2.45, 2.75) is 50.2 Å². The van der Waals surface area contributed by atoms with Crippen molar-refractivity contribution in [3.8, 4) is 11.5 Å². The highest BCUT2D eigenvalue weighted by atomic mass is 35.5. The Morgan fingerprint density at radius 1 is 1.19 bits per heavy atom. The number of anilines is 1. The van der Waals surface area contributed by atoms with Crippen molar-refractivity contribution in [1.82, 2.24) is 4.72 Å². The number of rotatable bonds is 9. The maximum Gasteiger partial charge on any atom is 0.573 e. The van der Waals surface area contributed by atoms with Gasteiger partial charge < -0.3 is 19.5 Å². The van der Waals surface area contributed by atoms with Crippen molar-refractivity contribution >= 4 is 27.3 Å². The van der Waals surface area contributed by atoms with E-state index in [1.807, 2.05) is 9.62 Å². The number of nitrogens with one attached hydrogen (secondary N) is 1. The normalized spacial score (nSPS) is 19.4. The monoisotopic (exact) mass is 552 g/mol. The molecule has 1 heterocycles. The lowest BCUT2D eigenvalue weighted by Gasteiger charge is -2.28. The Kier molecular flexibility index (Phi) is 7.61. The molecular weight excluding hydrogens is 528 g/mol. The van der Waals surface area contributed by atoms with Gasteiger partial charge in [0.1, 0.15) is 30.2 Å². The van der Waals surface area contributed by atoms with Crippen LogP contribution < -0.4 is 19.1 Å². The first-order valence-corrected chi connectivity index (χ1v) is 13.5. The van der Waals surface area contributed by atoms with E-state index in [1.165, 1.54) is 18.2 Å². The number of hydrogen-bond acceptors (Lipinski definition) is 6. The van der Waals surface area contributed by atoms with E-state index in [4.69, 9.17) is 16.3 Å². The average molecular weight is 553 g/mol. The predicted molar refractivity (Wildman–Crippen MR) is 125 cm³/mol. The molecule has 1 unspecified atom stereocenters. The van der Waals surface area contributed by atoms with E-state index in [0.717, 1.165) is 44.1 Å². The highest BCUT2D eigenvalue weighted by Crippen LogP contribution is 2.46. The quantitative estimate of drug-likeness (QED) is 0.342. The van der Waals surface area contributed by atoms with Crippen molar-refractivity contribution in [2.24, 2.45) is 0 Å². The van der Waals surface area contributed by atoms with Crippen LogP contribution in [0.2, 0.25) is 5.02 Å². The van der Waals surface area contributed by atoms with Gasteiger partial charge in [-0.05, 0) is 61.4 Å². The third-order valence-electron chi connectivity index (χ3n) is 6.05. The van der Waals surface area contributed by atoms with Crippen LogP contribution in [0.1, 0.15) is 49.0 Å². The molecule has 2 N–H and O–H groups in total. The fourth-order valence-corrected chi connectivity index (χ4v) is 5.06. The maximum absolute atomic E-state index is 14.8. The zero-order chi connectivity index (χ0) is 26.3. The molecule has 7 nitrogen and oxygen atoms in total. The molecule has 36 heavy (non-hydrogen) atoms. The van der Waals surface area contributed by atoms with Gasteiger partial charge in [0.2, 0.25) is 10.0 Å². The zero-order valence-corrected chi connectivity index (χ0v) is 20.8. The number of benzene rings is 2. The Morgan fingerprint density at radius 2 is 1.92 bits per heavy atom. The summed E-state index contributed by atoms with van der Waals surface area (Å²) >= 11 is 6.01. The second-order valence-electron chi connectivity index (χ2n) is 8.94. The molecule has 1 aliphatic carbocycles. The number of ether oxygens (including phenoxy) is 2. The summed E-state index contributed by atoms with van der Waals surface area (Å²) in [5.41, 5.74) is 1.11. The second-order valence-corrected chi connectivity index (χ2v) is 11.1. The summed E-state index contributed by atoms with van der Waals surface area (Å²) in [6.45, 7) is 0.817. The van der Waals surface area contributed by atoms with Crippen molar-refractivity contribution in [3.63, 3.8) is 0 Å². The topological polar surface area (TPSA) is 88.1 Å². The van der Waals surface area contributed by atoms with Crippen molar-refractivity contribution in [3.05, 3.63) is 52.3 Å². The van der Waals surface area contributed by atoms with Gasteiger partial charge in [-0.2, -0.15) is 4.72 Å². The molecule has 2 atom stereocenters. The van der Waals surface area contributed by atoms with Gasteiger partial charge in [0.15, 0.2) is 0 Å². The van der Waals surface area contributed by atoms with Gasteiger partial charge in [-0.3, -0.25) is 0 Å². The molecule has 1 aliphatic heterocycles. The van der Waals surface area contributed by atoms with Gasteiger partial charge in [0.25, 0.3) is 0 Å². The summed E-state index contributed by atoms with van der Waals surface area (Å²) in [4.78, 5) is 1.96. The highest BCUT2D eigenvalue weighted by molar-refractivity contribution is 7.88. The number of alkyl halides is 3. The van der Waals surface area contributed by atoms with Gasteiger partial charge in [-0.15, -0.1) is 13.2 Å². The molecule has 2 aromatic rings. The molecule has 1 saturated heterocycles. The Bertz CT molecular complexity index is 1220. The molecule has 0 radical (unpaired) electrons. The number of halogens is 5. The number of nitrogens with zero attached hydrogens (tertiary/aromatic N) is 1. The van der Waals surface area contributed by atoms with Crippen LogP contribution in [-0.4, -0.2) is 45.3 Å². The number of aliphatic hydroxyl groups is 1. The second kappa shape index (κ2) is 10.2. The van der Waals surface area contributed by atoms with Crippen LogP contribution in [-0.2, 0) is 10.0 Å². The lowest BCUT2D eigenvalue weighted by Crippen LogP contribution is -2.34. The van der Waals surface area contributed by atoms with Gasteiger partial charge >= 0.3 is 6.36 Å². The number of aliphatic hydroxyl groups excluding tert-OH is 1. The Labute approximate surface area is 211 Å². The third kappa shape index (κ3) is 6.72. The Balaban J connectivity index is 1.49. The van der Waals surface area contributed by atoms with Crippen LogP contribution in [0.25, 0.3) is 0 Å². The highest BCUT2D eigenvalue weighted by Gasteiger charge is 2.33. The van der Waals surface area contributed by atoms with Gasteiger partial charge in [-0.1, -0.05) is 11.6 Å². The molecule has 0 aromatic heterocycles. The van der Waals surface area contributed by atoms with Crippen molar-refractivity contribution in [2.75, 3.05) is 24.3 Å². The minimum Gasteiger partial charge on any atom is -0.491 e. The first-order chi connectivity index (χ1) is 16.8. The van der Waals surface area contributed by atoms with E-state index in [0.29, 0.717) is 23.5 Å². The fraction of sp³-hybridized carbons (Fsp3) is 0.478. The van der Waals surface area contributed by atoms with Crippen LogP contribution in [0, 0.1) is 5.82 Å². The first kappa shape index (κ1) is 26.8. The molecule has 198 valence electrons. The summed E-state index contributed by atoms with van der Waals surface area (Å²) in [6.07, 6.45) is -2.44. The molecular formula is C23H25ClF4N2O5S.